The zero-order valence-corrected chi connectivity index (χ0v) is 18.1. The Labute approximate surface area is 180 Å². The number of anilines is 2. The van der Waals surface area contributed by atoms with Crippen molar-refractivity contribution in [1.29, 1.82) is 0 Å². The van der Waals surface area contributed by atoms with Crippen molar-refractivity contribution in [3.05, 3.63) is 83.2 Å². The molecule has 0 saturated carbocycles. The summed E-state index contributed by atoms with van der Waals surface area (Å²) in [4.78, 5) is 17.2. The van der Waals surface area contributed by atoms with Gasteiger partial charge in [-0.25, -0.2) is 13.4 Å². The molecule has 2 N–H and O–H groups in total. The summed E-state index contributed by atoms with van der Waals surface area (Å²) in [5.41, 5.74) is 4.01. The van der Waals surface area contributed by atoms with E-state index in [9.17, 15) is 13.2 Å². The summed E-state index contributed by atoms with van der Waals surface area (Å²) in [7, 11) is -3.86. The number of amides is 1. The molecule has 158 valence electrons. The molecule has 1 heterocycles. The van der Waals surface area contributed by atoms with Crippen molar-refractivity contribution in [1.82, 2.24) is 4.98 Å². The number of hydrogen-bond donors (Lipinski definition) is 2. The summed E-state index contributed by atoms with van der Waals surface area (Å²) in [5, 5.41) is 2.80. The van der Waals surface area contributed by atoms with E-state index in [0.717, 1.165) is 5.56 Å². The lowest BCUT2D eigenvalue weighted by Crippen LogP contribution is -2.17. The fraction of sp³-hybridized carbons (Fsp3) is 0.130. The molecular formula is C23H21N3O4S. The fourth-order valence-electron chi connectivity index (χ4n) is 3.22. The average Bonchev–Trinajstić information content (AvgIpc) is 3.09. The van der Waals surface area contributed by atoms with Gasteiger partial charge in [-0.2, -0.15) is 0 Å². The Morgan fingerprint density at radius 3 is 2.48 bits per heavy atom. The molecule has 0 saturated heterocycles. The summed E-state index contributed by atoms with van der Waals surface area (Å²) in [6, 6.07) is 16.7. The smallest absolute Gasteiger partial charge is 0.261 e. The van der Waals surface area contributed by atoms with Crippen LogP contribution in [0.15, 0.2) is 70.0 Å². The molecule has 0 aliphatic heterocycles. The Bertz CT molecular complexity index is 1410. The molecule has 4 rings (SSSR count). The molecule has 0 unspecified atom stereocenters. The van der Waals surface area contributed by atoms with Crippen LogP contribution in [0.1, 0.15) is 27.4 Å². The van der Waals surface area contributed by atoms with Gasteiger partial charge in [0.1, 0.15) is 5.52 Å². The molecule has 3 aromatic carbocycles. The van der Waals surface area contributed by atoms with E-state index in [2.05, 4.69) is 15.0 Å². The van der Waals surface area contributed by atoms with E-state index in [-0.39, 0.29) is 10.5 Å². The Morgan fingerprint density at radius 1 is 0.935 bits per heavy atom. The fourth-order valence-corrected chi connectivity index (χ4v) is 4.38. The lowest BCUT2D eigenvalue weighted by atomic mass is 10.1. The highest BCUT2D eigenvalue weighted by molar-refractivity contribution is 7.92. The Morgan fingerprint density at radius 2 is 1.71 bits per heavy atom. The van der Waals surface area contributed by atoms with E-state index in [4.69, 9.17) is 4.42 Å². The molecule has 0 radical (unpaired) electrons. The van der Waals surface area contributed by atoms with Gasteiger partial charge in [0, 0.05) is 18.2 Å². The van der Waals surface area contributed by atoms with Crippen molar-refractivity contribution in [2.75, 3.05) is 10.0 Å². The number of nitrogens with zero attached hydrogens (tertiary/aromatic N) is 1. The van der Waals surface area contributed by atoms with Gasteiger partial charge in [0.05, 0.1) is 10.6 Å². The lowest BCUT2D eigenvalue weighted by molar-refractivity contribution is 0.102. The van der Waals surface area contributed by atoms with Crippen molar-refractivity contribution >= 4 is 38.4 Å². The predicted octanol–water partition coefficient (Wildman–Crippen LogP) is 4.81. The number of carbonyl (C=O) groups excluding carboxylic acids is 1. The minimum atomic E-state index is -3.86. The zero-order valence-electron chi connectivity index (χ0n) is 17.3. The van der Waals surface area contributed by atoms with Crippen molar-refractivity contribution in [3.8, 4) is 0 Å². The van der Waals surface area contributed by atoms with Crippen LogP contribution in [-0.2, 0) is 10.0 Å². The molecule has 0 aliphatic rings. The van der Waals surface area contributed by atoms with Crippen molar-refractivity contribution in [3.63, 3.8) is 0 Å². The lowest BCUT2D eigenvalue weighted by Gasteiger charge is -2.13. The number of rotatable bonds is 5. The van der Waals surface area contributed by atoms with Crippen molar-refractivity contribution in [2.24, 2.45) is 0 Å². The van der Waals surface area contributed by atoms with Crippen LogP contribution in [0.25, 0.3) is 11.1 Å². The standard InChI is InChI=1S/C23H21N3O4S/c1-14-8-10-18(31(28,29)26-20-7-5-4-6-15(20)2)13-19(14)23(27)25-17-9-11-22-21(12-17)24-16(3)30-22/h4-13,26H,1-3H3,(H,25,27). The second-order valence-electron chi connectivity index (χ2n) is 7.27. The summed E-state index contributed by atoms with van der Waals surface area (Å²) < 4.78 is 33.8. The van der Waals surface area contributed by atoms with Gasteiger partial charge in [-0.3, -0.25) is 9.52 Å². The molecule has 1 amide bonds. The number of benzene rings is 3. The van der Waals surface area contributed by atoms with Gasteiger partial charge in [-0.05, 0) is 61.4 Å². The van der Waals surface area contributed by atoms with Gasteiger partial charge < -0.3 is 9.73 Å². The number of hydrogen-bond acceptors (Lipinski definition) is 5. The van der Waals surface area contributed by atoms with E-state index in [1.54, 1.807) is 50.2 Å². The van der Waals surface area contributed by atoms with Crippen molar-refractivity contribution < 1.29 is 17.6 Å². The molecule has 7 nitrogen and oxygen atoms in total. The minimum absolute atomic E-state index is 0.00841. The summed E-state index contributed by atoms with van der Waals surface area (Å²) >= 11 is 0. The van der Waals surface area contributed by atoms with Crippen LogP contribution in [0, 0.1) is 20.8 Å². The molecule has 1 aromatic heterocycles. The first-order chi connectivity index (χ1) is 14.7. The Balaban J connectivity index is 1.61. The maximum atomic E-state index is 12.9. The number of aromatic nitrogens is 1. The summed E-state index contributed by atoms with van der Waals surface area (Å²) in [5.74, 6) is 0.124. The van der Waals surface area contributed by atoms with Crippen LogP contribution in [0.4, 0.5) is 11.4 Å². The molecule has 4 aromatic rings. The minimum Gasteiger partial charge on any atom is -0.441 e. The number of carbonyl (C=O) groups is 1. The molecule has 8 heteroatoms. The third-order valence-corrected chi connectivity index (χ3v) is 6.27. The van der Waals surface area contributed by atoms with Gasteiger partial charge in [-0.1, -0.05) is 24.3 Å². The van der Waals surface area contributed by atoms with Gasteiger partial charge >= 0.3 is 0 Å². The summed E-state index contributed by atoms with van der Waals surface area (Å²) in [6.45, 7) is 5.32. The second-order valence-corrected chi connectivity index (χ2v) is 8.95. The van der Waals surface area contributed by atoms with Gasteiger partial charge in [-0.15, -0.1) is 0 Å². The van der Waals surface area contributed by atoms with E-state index >= 15 is 0 Å². The monoisotopic (exact) mass is 435 g/mol. The number of sulfonamides is 1. The molecular weight excluding hydrogens is 414 g/mol. The average molecular weight is 436 g/mol. The van der Waals surface area contributed by atoms with Crippen LogP contribution >= 0.6 is 0 Å². The van der Waals surface area contributed by atoms with E-state index < -0.39 is 15.9 Å². The van der Waals surface area contributed by atoms with Gasteiger partial charge in [0.15, 0.2) is 11.5 Å². The molecule has 0 atom stereocenters. The third kappa shape index (κ3) is 4.29. The number of aryl methyl sites for hydroxylation is 3. The topological polar surface area (TPSA) is 101 Å². The number of nitrogens with one attached hydrogen (secondary N) is 2. The molecule has 0 bridgehead atoms. The van der Waals surface area contributed by atoms with Gasteiger partial charge in [0.25, 0.3) is 15.9 Å². The van der Waals surface area contributed by atoms with E-state index in [0.29, 0.717) is 33.9 Å². The van der Waals surface area contributed by atoms with Crippen LogP contribution in [0.2, 0.25) is 0 Å². The molecule has 0 spiro atoms. The molecule has 31 heavy (non-hydrogen) atoms. The summed E-state index contributed by atoms with van der Waals surface area (Å²) in [6.07, 6.45) is 0. The predicted molar refractivity (Wildman–Crippen MR) is 120 cm³/mol. The molecule has 0 aliphatic carbocycles. The normalized spacial score (nSPS) is 11.5. The zero-order chi connectivity index (χ0) is 22.2. The third-order valence-electron chi connectivity index (χ3n) is 4.91. The molecule has 0 fully saturated rings. The van der Waals surface area contributed by atoms with Crippen LogP contribution < -0.4 is 10.0 Å². The van der Waals surface area contributed by atoms with Crippen LogP contribution in [-0.4, -0.2) is 19.3 Å². The number of para-hydroxylation sites is 1. The first-order valence-corrected chi connectivity index (χ1v) is 11.1. The Hall–Kier alpha value is -3.65. The quantitative estimate of drug-likeness (QED) is 0.469. The van der Waals surface area contributed by atoms with Crippen LogP contribution in [0.3, 0.4) is 0 Å². The maximum Gasteiger partial charge on any atom is 0.261 e. The highest BCUT2D eigenvalue weighted by atomic mass is 32.2. The van der Waals surface area contributed by atoms with Crippen molar-refractivity contribution in [2.45, 2.75) is 25.7 Å². The van der Waals surface area contributed by atoms with E-state index in [1.807, 2.05) is 19.1 Å². The number of fused-ring (bicyclic) bond motifs is 1. The van der Waals surface area contributed by atoms with E-state index in [1.165, 1.54) is 12.1 Å². The Kier molecular flexibility index (Phi) is 5.24. The maximum absolute atomic E-state index is 12.9. The highest BCUT2D eigenvalue weighted by Crippen LogP contribution is 2.23. The number of oxazole rings is 1. The first-order valence-electron chi connectivity index (χ1n) is 9.60. The van der Waals surface area contributed by atoms with Crippen LogP contribution in [0.5, 0.6) is 0 Å². The largest absolute Gasteiger partial charge is 0.441 e. The second kappa shape index (κ2) is 7.88. The van der Waals surface area contributed by atoms with Gasteiger partial charge in [0.2, 0.25) is 0 Å². The SMILES string of the molecule is Cc1nc2cc(NC(=O)c3cc(S(=O)(=O)Nc4ccccc4C)ccc3C)ccc2o1. The highest BCUT2D eigenvalue weighted by Gasteiger charge is 2.19. The first kappa shape index (κ1) is 20.6.